The largest absolute Gasteiger partial charge is 0.489 e. The van der Waals surface area contributed by atoms with Crippen LogP contribution in [-0.4, -0.2) is 19.3 Å². The number of halogens is 2. The first kappa shape index (κ1) is 9.13. The molecular weight excluding hydrogens is 211 g/mol. The molecule has 70 valence electrons. The van der Waals surface area contributed by atoms with Crippen molar-refractivity contribution < 1.29 is 9.47 Å². The summed E-state index contributed by atoms with van der Waals surface area (Å²) in [6.45, 7) is 1.34. The molecule has 1 heterocycles. The Morgan fingerprint density at radius 3 is 2.85 bits per heavy atom. The molecule has 0 saturated carbocycles. The van der Waals surface area contributed by atoms with E-state index >= 15 is 0 Å². The summed E-state index contributed by atoms with van der Waals surface area (Å²) in [5.41, 5.74) is 0. The number of ether oxygens (including phenoxy) is 2. The molecule has 4 heteroatoms. The number of benzene rings is 1. The molecule has 1 unspecified atom stereocenters. The zero-order chi connectivity index (χ0) is 9.26. The fourth-order valence-electron chi connectivity index (χ4n) is 0.939. The first-order valence-corrected chi connectivity index (χ1v) is 4.71. The zero-order valence-electron chi connectivity index (χ0n) is 6.80. The van der Waals surface area contributed by atoms with Crippen LogP contribution in [0.25, 0.3) is 0 Å². The van der Waals surface area contributed by atoms with Crippen molar-refractivity contribution in [3.8, 4) is 5.75 Å². The molecule has 1 saturated heterocycles. The Labute approximate surface area is 86.4 Å². The van der Waals surface area contributed by atoms with Crippen molar-refractivity contribution in [2.45, 2.75) is 6.10 Å². The highest BCUT2D eigenvalue weighted by atomic mass is 35.5. The Bertz CT molecular complexity index is 310. The average Bonchev–Trinajstić information content (AvgIpc) is 2.86. The van der Waals surface area contributed by atoms with E-state index < -0.39 is 0 Å². The van der Waals surface area contributed by atoms with Crippen LogP contribution in [0.3, 0.4) is 0 Å². The molecule has 0 N–H and O–H groups in total. The molecule has 1 aromatic carbocycles. The molecule has 1 atom stereocenters. The molecule has 0 bridgehead atoms. The van der Waals surface area contributed by atoms with Crippen LogP contribution in [0.15, 0.2) is 18.2 Å². The van der Waals surface area contributed by atoms with Gasteiger partial charge in [0.05, 0.1) is 11.6 Å². The van der Waals surface area contributed by atoms with Gasteiger partial charge in [-0.05, 0) is 18.2 Å². The average molecular weight is 219 g/mol. The fourth-order valence-corrected chi connectivity index (χ4v) is 1.40. The van der Waals surface area contributed by atoms with Gasteiger partial charge in [0.1, 0.15) is 18.5 Å². The van der Waals surface area contributed by atoms with Crippen LogP contribution >= 0.6 is 23.2 Å². The number of hydrogen-bond acceptors (Lipinski definition) is 2. The molecule has 0 aromatic heterocycles. The van der Waals surface area contributed by atoms with Gasteiger partial charge >= 0.3 is 0 Å². The number of rotatable bonds is 3. The molecule has 1 aromatic rings. The Kier molecular flexibility index (Phi) is 2.63. The minimum absolute atomic E-state index is 0.242. The SMILES string of the molecule is Clc1ccc(OCC2CO2)c(Cl)c1. The highest BCUT2D eigenvalue weighted by molar-refractivity contribution is 6.35. The third kappa shape index (κ3) is 2.50. The van der Waals surface area contributed by atoms with E-state index in [1.165, 1.54) is 0 Å². The van der Waals surface area contributed by atoms with E-state index in [2.05, 4.69) is 0 Å². The zero-order valence-corrected chi connectivity index (χ0v) is 8.31. The minimum Gasteiger partial charge on any atom is -0.489 e. The standard InChI is InChI=1S/C9H8Cl2O2/c10-6-1-2-9(8(11)3-6)13-5-7-4-12-7/h1-3,7H,4-5H2. The third-order valence-electron chi connectivity index (χ3n) is 1.72. The summed E-state index contributed by atoms with van der Waals surface area (Å²) in [4.78, 5) is 0. The predicted molar refractivity (Wildman–Crippen MR) is 51.7 cm³/mol. The lowest BCUT2D eigenvalue weighted by Gasteiger charge is -2.05. The van der Waals surface area contributed by atoms with Crippen molar-refractivity contribution in [2.75, 3.05) is 13.2 Å². The summed E-state index contributed by atoms with van der Waals surface area (Å²) in [6, 6.07) is 5.16. The van der Waals surface area contributed by atoms with Crippen LogP contribution in [-0.2, 0) is 4.74 Å². The Balaban J connectivity index is 2.01. The maximum absolute atomic E-state index is 5.88. The molecule has 2 nitrogen and oxygen atoms in total. The Morgan fingerprint density at radius 2 is 2.23 bits per heavy atom. The Hall–Kier alpha value is -0.440. The molecular formula is C9H8Cl2O2. The van der Waals surface area contributed by atoms with Crippen LogP contribution in [0.4, 0.5) is 0 Å². The van der Waals surface area contributed by atoms with Gasteiger partial charge in [0.25, 0.3) is 0 Å². The highest BCUT2D eigenvalue weighted by Gasteiger charge is 2.23. The van der Waals surface area contributed by atoms with Gasteiger partial charge in [-0.1, -0.05) is 23.2 Å². The first-order valence-electron chi connectivity index (χ1n) is 3.95. The smallest absolute Gasteiger partial charge is 0.138 e. The number of epoxide rings is 1. The molecule has 0 amide bonds. The van der Waals surface area contributed by atoms with E-state index in [0.717, 1.165) is 6.61 Å². The lowest BCUT2D eigenvalue weighted by atomic mass is 10.3. The third-order valence-corrected chi connectivity index (χ3v) is 2.25. The summed E-state index contributed by atoms with van der Waals surface area (Å²) in [5, 5.41) is 1.15. The summed E-state index contributed by atoms with van der Waals surface area (Å²) >= 11 is 11.6. The van der Waals surface area contributed by atoms with E-state index in [1.807, 2.05) is 0 Å². The molecule has 13 heavy (non-hydrogen) atoms. The molecule has 1 aliphatic heterocycles. The molecule has 0 spiro atoms. The molecule has 1 fully saturated rings. The van der Waals surface area contributed by atoms with E-state index in [-0.39, 0.29) is 6.10 Å². The molecule has 0 aliphatic carbocycles. The van der Waals surface area contributed by atoms with Crippen molar-refractivity contribution >= 4 is 23.2 Å². The van der Waals surface area contributed by atoms with Gasteiger partial charge in [-0.2, -0.15) is 0 Å². The second kappa shape index (κ2) is 3.74. The van der Waals surface area contributed by atoms with Crippen LogP contribution in [0.2, 0.25) is 10.0 Å². The topological polar surface area (TPSA) is 21.8 Å². The van der Waals surface area contributed by atoms with Gasteiger partial charge in [0.2, 0.25) is 0 Å². The van der Waals surface area contributed by atoms with Gasteiger partial charge in [0, 0.05) is 5.02 Å². The second-order valence-electron chi connectivity index (χ2n) is 2.84. The van der Waals surface area contributed by atoms with E-state index in [1.54, 1.807) is 18.2 Å². The molecule has 0 radical (unpaired) electrons. The van der Waals surface area contributed by atoms with Crippen molar-refractivity contribution in [1.82, 2.24) is 0 Å². The second-order valence-corrected chi connectivity index (χ2v) is 3.68. The number of hydrogen-bond donors (Lipinski definition) is 0. The minimum atomic E-state index is 0.242. The van der Waals surface area contributed by atoms with Crippen LogP contribution in [0.1, 0.15) is 0 Å². The fraction of sp³-hybridized carbons (Fsp3) is 0.333. The van der Waals surface area contributed by atoms with Gasteiger partial charge < -0.3 is 9.47 Å². The molecule has 2 rings (SSSR count). The maximum Gasteiger partial charge on any atom is 0.138 e. The normalized spacial score (nSPS) is 20.0. The van der Waals surface area contributed by atoms with Crippen molar-refractivity contribution in [3.63, 3.8) is 0 Å². The first-order chi connectivity index (χ1) is 6.25. The summed E-state index contributed by atoms with van der Waals surface area (Å²) in [5.74, 6) is 0.654. The lowest BCUT2D eigenvalue weighted by molar-refractivity contribution is 0.263. The van der Waals surface area contributed by atoms with E-state index in [0.29, 0.717) is 22.4 Å². The van der Waals surface area contributed by atoms with Crippen LogP contribution < -0.4 is 4.74 Å². The van der Waals surface area contributed by atoms with E-state index in [4.69, 9.17) is 32.7 Å². The van der Waals surface area contributed by atoms with Gasteiger partial charge in [-0.25, -0.2) is 0 Å². The van der Waals surface area contributed by atoms with Crippen molar-refractivity contribution in [1.29, 1.82) is 0 Å². The lowest BCUT2D eigenvalue weighted by Crippen LogP contribution is -2.04. The predicted octanol–water partition coefficient (Wildman–Crippen LogP) is 2.77. The van der Waals surface area contributed by atoms with Crippen LogP contribution in [0, 0.1) is 0 Å². The van der Waals surface area contributed by atoms with Crippen LogP contribution in [0.5, 0.6) is 5.75 Å². The van der Waals surface area contributed by atoms with Gasteiger partial charge in [0.15, 0.2) is 0 Å². The summed E-state index contributed by atoms with van der Waals surface area (Å²) in [6.07, 6.45) is 0.242. The summed E-state index contributed by atoms with van der Waals surface area (Å²) < 4.78 is 10.4. The van der Waals surface area contributed by atoms with Gasteiger partial charge in [-0.3, -0.25) is 0 Å². The maximum atomic E-state index is 5.88. The van der Waals surface area contributed by atoms with E-state index in [9.17, 15) is 0 Å². The highest BCUT2D eigenvalue weighted by Crippen LogP contribution is 2.28. The van der Waals surface area contributed by atoms with Gasteiger partial charge in [-0.15, -0.1) is 0 Å². The van der Waals surface area contributed by atoms with Crippen molar-refractivity contribution in [2.24, 2.45) is 0 Å². The van der Waals surface area contributed by atoms with Crippen molar-refractivity contribution in [3.05, 3.63) is 28.2 Å². The quantitative estimate of drug-likeness (QED) is 0.729. The monoisotopic (exact) mass is 218 g/mol. The Morgan fingerprint density at radius 1 is 1.46 bits per heavy atom. The molecule has 1 aliphatic rings. The summed E-state index contributed by atoms with van der Waals surface area (Å²) in [7, 11) is 0.